The van der Waals surface area contributed by atoms with Gasteiger partial charge in [0, 0.05) is 36.5 Å². The monoisotopic (exact) mass is 431 g/mol. The zero-order valence-corrected chi connectivity index (χ0v) is 17.8. The number of piperidine rings is 1. The Bertz CT molecular complexity index is 1190. The zero-order valence-electron chi connectivity index (χ0n) is 17.8. The van der Waals surface area contributed by atoms with E-state index in [1.54, 1.807) is 48.8 Å². The average Bonchev–Trinajstić information content (AvgIpc) is 3.21. The number of halogens is 2. The van der Waals surface area contributed by atoms with Crippen LogP contribution in [0.15, 0.2) is 77.7 Å². The molecule has 3 heterocycles. The molecule has 0 amide bonds. The van der Waals surface area contributed by atoms with Gasteiger partial charge in [0.05, 0.1) is 0 Å². The lowest BCUT2D eigenvalue weighted by Crippen LogP contribution is -2.48. The molecule has 3 aromatic rings. The van der Waals surface area contributed by atoms with E-state index in [-0.39, 0.29) is 11.6 Å². The largest absolute Gasteiger partial charge is 0.360 e. The van der Waals surface area contributed by atoms with Gasteiger partial charge in [-0.1, -0.05) is 36.3 Å². The van der Waals surface area contributed by atoms with Crippen LogP contribution in [0, 0.1) is 11.6 Å². The van der Waals surface area contributed by atoms with Crippen LogP contribution in [-0.2, 0) is 10.6 Å². The fourth-order valence-corrected chi connectivity index (χ4v) is 4.55. The van der Waals surface area contributed by atoms with E-state index < -0.39 is 5.72 Å². The third kappa shape index (κ3) is 3.45. The summed E-state index contributed by atoms with van der Waals surface area (Å²) in [5, 5.41) is 4.43. The van der Waals surface area contributed by atoms with Gasteiger partial charge in [0.15, 0.2) is 5.84 Å². The van der Waals surface area contributed by atoms with Crippen LogP contribution in [0.25, 0.3) is 17.2 Å². The normalized spacial score (nSPS) is 21.3. The fourth-order valence-electron chi connectivity index (χ4n) is 4.55. The van der Waals surface area contributed by atoms with Gasteiger partial charge in [-0.05, 0) is 65.9 Å². The number of rotatable bonds is 4. The first-order valence-corrected chi connectivity index (χ1v) is 10.8. The molecule has 0 aliphatic carbocycles. The van der Waals surface area contributed by atoms with Gasteiger partial charge in [-0.15, -0.1) is 0 Å². The van der Waals surface area contributed by atoms with Crippen molar-refractivity contribution >= 4 is 11.9 Å². The van der Waals surface area contributed by atoms with E-state index in [1.807, 2.05) is 19.1 Å². The van der Waals surface area contributed by atoms with E-state index in [1.165, 1.54) is 12.1 Å². The van der Waals surface area contributed by atoms with E-state index in [0.29, 0.717) is 12.0 Å². The first kappa shape index (κ1) is 20.4. The van der Waals surface area contributed by atoms with E-state index in [2.05, 4.69) is 15.0 Å². The Balaban J connectivity index is 1.46. The third-order valence-electron chi connectivity index (χ3n) is 6.19. The molecule has 2 aromatic carbocycles. The molecular formula is C26H23F2N3O. The minimum atomic E-state index is -0.751. The van der Waals surface area contributed by atoms with Crippen LogP contribution in [0.1, 0.15) is 37.3 Å². The lowest BCUT2D eigenvalue weighted by atomic mass is 9.92. The molecule has 0 radical (unpaired) electrons. The number of aromatic nitrogens is 1. The molecule has 1 aromatic heterocycles. The Morgan fingerprint density at radius 1 is 1.06 bits per heavy atom. The predicted molar refractivity (Wildman–Crippen MR) is 120 cm³/mol. The topological polar surface area (TPSA) is 37.7 Å². The average molecular weight is 431 g/mol. The van der Waals surface area contributed by atoms with Gasteiger partial charge in [0.1, 0.15) is 11.6 Å². The highest BCUT2D eigenvalue weighted by atomic mass is 19.1. The van der Waals surface area contributed by atoms with Crippen molar-refractivity contribution < 1.29 is 13.6 Å². The molecule has 1 atom stereocenters. The van der Waals surface area contributed by atoms with Crippen molar-refractivity contribution in [2.75, 3.05) is 6.54 Å². The van der Waals surface area contributed by atoms with Crippen LogP contribution in [0.3, 0.4) is 0 Å². The summed E-state index contributed by atoms with van der Waals surface area (Å²) in [4.78, 5) is 12.1. The maximum Gasteiger partial charge on any atom is 0.237 e. The molecule has 4 nitrogen and oxygen atoms in total. The fraction of sp³-hybridized carbons (Fsp3) is 0.231. The summed E-state index contributed by atoms with van der Waals surface area (Å²) in [6.07, 6.45) is 7.70. The number of hydrogen-bond donors (Lipinski definition) is 0. The Hall–Kier alpha value is -3.54. The second-order valence-electron chi connectivity index (χ2n) is 8.05. The SMILES string of the molecule is CCC1(c2ccc(F)cc2)ON=C2/C(=C/c3ccc(-c4ccncc4)c(F)c3)CCCN21. The summed E-state index contributed by atoms with van der Waals surface area (Å²) in [7, 11) is 0. The van der Waals surface area contributed by atoms with Crippen molar-refractivity contribution in [3.8, 4) is 11.1 Å². The summed E-state index contributed by atoms with van der Waals surface area (Å²) >= 11 is 0. The molecule has 2 aliphatic rings. The number of pyridine rings is 1. The van der Waals surface area contributed by atoms with Gasteiger partial charge in [-0.25, -0.2) is 8.78 Å². The third-order valence-corrected chi connectivity index (χ3v) is 6.19. The lowest BCUT2D eigenvalue weighted by molar-refractivity contribution is -0.109. The van der Waals surface area contributed by atoms with Gasteiger partial charge in [-0.3, -0.25) is 4.98 Å². The maximum atomic E-state index is 14.8. The molecule has 0 spiro atoms. The van der Waals surface area contributed by atoms with Gasteiger partial charge in [0.25, 0.3) is 0 Å². The van der Waals surface area contributed by atoms with Crippen molar-refractivity contribution in [1.29, 1.82) is 0 Å². The number of nitrogens with zero attached hydrogens (tertiary/aromatic N) is 3. The Morgan fingerprint density at radius 2 is 1.84 bits per heavy atom. The molecule has 32 heavy (non-hydrogen) atoms. The number of benzene rings is 2. The maximum absolute atomic E-state index is 14.8. The second-order valence-corrected chi connectivity index (χ2v) is 8.05. The van der Waals surface area contributed by atoms with E-state index >= 15 is 0 Å². The van der Waals surface area contributed by atoms with Crippen LogP contribution >= 0.6 is 0 Å². The molecule has 0 bridgehead atoms. The van der Waals surface area contributed by atoms with Gasteiger partial charge in [-0.2, -0.15) is 0 Å². The van der Waals surface area contributed by atoms with Crippen LogP contribution < -0.4 is 0 Å². The molecule has 0 saturated carbocycles. The van der Waals surface area contributed by atoms with Gasteiger partial charge in [0.2, 0.25) is 5.72 Å². The van der Waals surface area contributed by atoms with Crippen LogP contribution in [0.5, 0.6) is 0 Å². The molecule has 1 saturated heterocycles. The molecule has 1 unspecified atom stereocenters. The zero-order chi connectivity index (χ0) is 22.1. The molecule has 6 heteroatoms. The minimum Gasteiger partial charge on any atom is -0.360 e. The van der Waals surface area contributed by atoms with Crippen LogP contribution in [0.2, 0.25) is 0 Å². The number of hydrogen-bond acceptors (Lipinski definition) is 4. The van der Waals surface area contributed by atoms with Crippen molar-refractivity contribution in [1.82, 2.24) is 9.88 Å². The molecule has 162 valence electrons. The van der Waals surface area contributed by atoms with Crippen molar-refractivity contribution in [2.45, 2.75) is 31.9 Å². The molecule has 0 N–H and O–H groups in total. The standard InChI is InChI=1S/C26H23F2N3O/c1-2-26(21-6-8-22(27)9-7-21)31-15-3-4-20(25(31)30-32-26)16-18-5-10-23(24(28)17-18)19-11-13-29-14-12-19/h5-14,16-17H,2-4,15H2,1H3/b20-16+. The highest BCUT2D eigenvalue weighted by molar-refractivity contribution is 6.03. The highest BCUT2D eigenvalue weighted by Crippen LogP contribution is 2.42. The van der Waals surface area contributed by atoms with Gasteiger partial charge >= 0.3 is 0 Å². The van der Waals surface area contributed by atoms with Crippen LogP contribution in [0.4, 0.5) is 8.78 Å². The first-order chi connectivity index (χ1) is 15.6. The second kappa shape index (κ2) is 8.19. The predicted octanol–water partition coefficient (Wildman–Crippen LogP) is 6.11. The Morgan fingerprint density at radius 3 is 2.56 bits per heavy atom. The Kier molecular flexibility index (Phi) is 5.21. The minimum absolute atomic E-state index is 0.281. The van der Waals surface area contributed by atoms with Crippen molar-refractivity contribution in [3.63, 3.8) is 0 Å². The highest BCUT2D eigenvalue weighted by Gasteiger charge is 2.48. The van der Waals surface area contributed by atoms with Crippen molar-refractivity contribution in [3.05, 3.63) is 95.3 Å². The molecule has 5 rings (SSSR count). The van der Waals surface area contributed by atoms with E-state index in [9.17, 15) is 8.78 Å². The summed E-state index contributed by atoms with van der Waals surface area (Å²) in [6, 6.07) is 15.2. The van der Waals surface area contributed by atoms with E-state index in [0.717, 1.165) is 47.5 Å². The van der Waals surface area contributed by atoms with Crippen LogP contribution in [-0.4, -0.2) is 22.3 Å². The molecule has 2 aliphatic heterocycles. The molecule has 1 fully saturated rings. The Labute approximate surface area is 185 Å². The van der Waals surface area contributed by atoms with Crippen molar-refractivity contribution in [2.24, 2.45) is 5.16 Å². The summed E-state index contributed by atoms with van der Waals surface area (Å²) in [6.45, 7) is 2.82. The smallest absolute Gasteiger partial charge is 0.237 e. The first-order valence-electron chi connectivity index (χ1n) is 10.8. The number of fused-ring (bicyclic) bond motifs is 1. The number of amidine groups is 1. The summed E-state index contributed by atoms with van der Waals surface area (Å²) in [5.41, 5.74) is 3.23. The summed E-state index contributed by atoms with van der Waals surface area (Å²) < 4.78 is 28.3. The van der Waals surface area contributed by atoms with Gasteiger partial charge < -0.3 is 9.74 Å². The number of oxime groups is 1. The van der Waals surface area contributed by atoms with E-state index in [4.69, 9.17) is 4.84 Å². The lowest BCUT2D eigenvalue weighted by Gasteiger charge is -2.39. The summed E-state index contributed by atoms with van der Waals surface area (Å²) in [5.74, 6) is 0.202. The molecular weight excluding hydrogens is 408 g/mol. The quantitative estimate of drug-likeness (QED) is 0.500.